The van der Waals surface area contributed by atoms with Crippen molar-refractivity contribution in [3.05, 3.63) is 29.3 Å². The second kappa shape index (κ2) is 8.27. The zero-order valence-corrected chi connectivity index (χ0v) is 16.0. The number of hydrogen-bond donors (Lipinski definition) is 1. The molecule has 0 spiro atoms. The van der Waals surface area contributed by atoms with E-state index >= 15 is 0 Å². The van der Waals surface area contributed by atoms with Crippen LogP contribution in [-0.4, -0.2) is 66.5 Å². The molecule has 0 radical (unpaired) electrons. The Morgan fingerprint density at radius 1 is 1.27 bits per heavy atom. The first-order valence-electron chi connectivity index (χ1n) is 9.08. The highest BCUT2D eigenvalue weighted by Gasteiger charge is 2.36. The summed E-state index contributed by atoms with van der Waals surface area (Å²) < 4.78 is 5.85. The van der Waals surface area contributed by atoms with Gasteiger partial charge in [-0.1, -0.05) is 17.7 Å². The zero-order chi connectivity index (χ0) is 18.7. The Morgan fingerprint density at radius 2 is 2.00 bits per heavy atom. The summed E-state index contributed by atoms with van der Waals surface area (Å²) >= 11 is 5.96. The minimum atomic E-state index is -0.00995. The van der Waals surface area contributed by atoms with Crippen molar-refractivity contribution in [3.63, 3.8) is 0 Å². The van der Waals surface area contributed by atoms with Gasteiger partial charge in [0, 0.05) is 37.0 Å². The van der Waals surface area contributed by atoms with E-state index < -0.39 is 0 Å². The number of hydrogen-bond acceptors (Lipinski definition) is 4. The van der Waals surface area contributed by atoms with Gasteiger partial charge < -0.3 is 15.0 Å². The van der Waals surface area contributed by atoms with Crippen molar-refractivity contribution in [1.82, 2.24) is 15.1 Å². The molecule has 0 saturated carbocycles. The summed E-state index contributed by atoms with van der Waals surface area (Å²) in [6.45, 7) is 3.42. The van der Waals surface area contributed by atoms with Crippen molar-refractivity contribution in [2.75, 3.05) is 26.7 Å². The van der Waals surface area contributed by atoms with Crippen LogP contribution in [0.25, 0.3) is 0 Å². The lowest BCUT2D eigenvalue weighted by atomic mass is 10.1. The van der Waals surface area contributed by atoms with Gasteiger partial charge in [-0.2, -0.15) is 0 Å². The Bertz CT molecular complexity index is 663. The molecule has 2 aliphatic heterocycles. The predicted molar refractivity (Wildman–Crippen MR) is 100 cm³/mol. The van der Waals surface area contributed by atoms with E-state index in [1.165, 1.54) is 6.92 Å². The molecular formula is C19H26ClN3O3. The number of nitrogens with zero attached hydrogens (tertiary/aromatic N) is 2. The van der Waals surface area contributed by atoms with Gasteiger partial charge in [-0.05, 0) is 38.1 Å². The summed E-state index contributed by atoms with van der Waals surface area (Å²) in [4.78, 5) is 27.7. The second-order valence-electron chi connectivity index (χ2n) is 7.19. The van der Waals surface area contributed by atoms with Crippen molar-refractivity contribution in [3.8, 4) is 5.75 Å². The Morgan fingerprint density at radius 3 is 2.69 bits per heavy atom. The van der Waals surface area contributed by atoms with Crippen molar-refractivity contribution in [1.29, 1.82) is 0 Å². The second-order valence-corrected chi connectivity index (χ2v) is 7.62. The quantitative estimate of drug-likeness (QED) is 0.820. The van der Waals surface area contributed by atoms with Crippen LogP contribution in [0.15, 0.2) is 24.3 Å². The molecule has 2 saturated heterocycles. The molecule has 0 aromatic heterocycles. The normalized spacial score (nSPS) is 23.6. The van der Waals surface area contributed by atoms with E-state index in [1.807, 2.05) is 30.1 Å². The highest BCUT2D eigenvalue weighted by molar-refractivity contribution is 6.30. The number of benzene rings is 1. The first-order valence-corrected chi connectivity index (χ1v) is 9.46. The Balaban J connectivity index is 1.40. The Labute approximate surface area is 159 Å². The molecule has 1 N–H and O–H groups in total. The van der Waals surface area contributed by atoms with E-state index in [9.17, 15) is 9.59 Å². The minimum absolute atomic E-state index is 0.00995. The lowest BCUT2D eigenvalue weighted by Gasteiger charge is -2.40. The Kier molecular flexibility index (Phi) is 6.04. The average Bonchev–Trinajstić information content (AvgIpc) is 2.89. The Hall–Kier alpha value is -1.79. The maximum Gasteiger partial charge on any atom is 0.224 e. The van der Waals surface area contributed by atoms with Gasteiger partial charge >= 0.3 is 0 Å². The smallest absolute Gasteiger partial charge is 0.224 e. The fourth-order valence-corrected chi connectivity index (χ4v) is 3.80. The zero-order valence-electron chi connectivity index (χ0n) is 15.3. The molecule has 2 fully saturated rings. The van der Waals surface area contributed by atoms with Gasteiger partial charge in [0.2, 0.25) is 11.8 Å². The summed E-state index contributed by atoms with van der Waals surface area (Å²) in [6, 6.07) is 7.88. The number of nitrogens with one attached hydrogen (secondary N) is 1. The molecule has 26 heavy (non-hydrogen) atoms. The fraction of sp³-hybridized carbons (Fsp3) is 0.579. The maximum atomic E-state index is 12.5. The highest BCUT2D eigenvalue weighted by atomic mass is 35.5. The molecule has 1 aromatic rings. The molecule has 6 nitrogen and oxygen atoms in total. The number of likely N-dealkylation sites (N-methyl/N-ethyl adjacent to an activating group) is 1. The number of likely N-dealkylation sites (tertiary alicyclic amines) is 2. The number of carbonyl (C=O) groups is 2. The molecule has 2 amide bonds. The van der Waals surface area contributed by atoms with Crippen molar-refractivity contribution in [2.45, 2.75) is 44.4 Å². The van der Waals surface area contributed by atoms with Crippen LogP contribution < -0.4 is 10.1 Å². The number of rotatable bonds is 6. The van der Waals surface area contributed by atoms with E-state index in [4.69, 9.17) is 16.3 Å². The lowest BCUT2D eigenvalue weighted by molar-refractivity contribution is -0.141. The van der Waals surface area contributed by atoms with E-state index in [2.05, 4.69) is 10.2 Å². The molecule has 2 heterocycles. The van der Waals surface area contributed by atoms with E-state index in [0.717, 1.165) is 18.6 Å². The fourth-order valence-electron chi connectivity index (χ4n) is 3.62. The third-order valence-corrected chi connectivity index (χ3v) is 5.52. The summed E-state index contributed by atoms with van der Waals surface area (Å²) in [7, 11) is 2.04. The average molecular weight is 380 g/mol. The number of amides is 2. The third kappa shape index (κ3) is 4.68. The van der Waals surface area contributed by atoms with Gasteiger partial charge in [-0.25, -0.2) is 0 Å². The molecule has 0 unspecified atom stereocenters. The molecule has 1 aromatic carbocycles. The van der Waals surface area contributed by atoms with Gasteiger partial charge in [-0.15, -0.1) is 0 Å². The SMILES string of the molecule is CC(=O)NC[C@H]1CC[C@@H](CC(=O)N2CC(Oc3cccc(Cl)c3)C2)N1C. The summed E-state index contributed by atoms with van der Waals surface area (Å²) in [5.41, 5.74) is 0. The van der Waals surface area contributed by atoms with Gasteiger partial charge in [0.15, 0.2) is 0 Å². The van der Waals surface area contributed by atoms with Crippen molar-refractivity contribution in [2.24, 2.45) is 0 Å². The lowest BCUT2D eigenvalue weighted by Crippen LogP contribution is -2.57. The predicted octanol–water partition coefficient (Wildman–Crippen LogP) is 1.92. The van der Waals surface area contributed by atoms with Crippen LogP contribution in [0, 0.1) is 0 Å². The molecular weight excluding hydrogens is 354 g/mol. The summed E-state index contributed by atoms with van der Waals surface area (Å²) in [5, 5.41) is 3.51. The van der Waals surface area contributed by atoms with Crippen LogP contribution in [0.5, 0.6) is 5.75 Å². The highest BCUT2D eigenvalue weighted by Crippen LogP contribution is 2.26. The van der Waals surface area contributed by atoms with Crippen LogP contribution in [0.4, 0.5) is 0 Å². The van der Waals surface area contributed by atoms with E-state index in [0.29, 0.717) is 37.1 Å². The van der Waals surface area contributed by atoms with Gasteiger partial charge in [-0.3, -0.25) is 14.5 Å². The third-order valence-electron chi connectivity index (χ3n) is 5.28. The summed E-state index contributed by atoms with van der Waals surface area (Å²) in [6.07, 6.45) is 2.56. The molecule has 2 aliphatic rings. The first-order chi connectivity index (χ1) is 12.4. The molecule has 0 aliphatic carbocycles. The van der Waals surface area contributed by atoms with Crippen LogP contribution in [0.3, 0.4) is 0 Å². The van der Waals surface area contributed by atoms with Crippen LogP contribution >= 0.6 is 11.6 Å². The number of ether oxygens (including phenoxy) is 1. The first kappa shape index (κ1) is 19.0. The standard InChI is InChI=1S/C19H26ClN3O3/c1-13(24)21-10-16-7-6-15(22(16)2)9-19(25)23-11-18(12-23)26-17-5-3-4-14(20)8-17/h3-5,8,15-16,18H,6-7,9-12H2,1-2H3,(H,21,24)/t15-,16+/m0/s1. The maximum absolute atomic E-state index is 12.5. The van der Waals surface area contributed by atoms with Crippen LogP contribution in [0.2, 0.25) is 5.02 Å². The number of carbonyl (C=O) groups excluding carboxylic acids is 2. The molecule has 0 bridgehead atoms. The van der Waals surface area contributed by atoms with E-state index in [-0.39, 0.29) is 24.0 Å². The van der Waals surface area contributed by atoms with E-state index in [1.54, 1.807) is 6.07 Å². The van der Waals surface area contributed by atoms with Gasteiger partial charge in [0.05, 0.1) is 13.1 Å². The summed E-state index contributed by atoms with van der Waals surface area (Å²) in [5.74, 6) is 0.906. The molecule has 7 heteroatoms. The monoisotopic (exact) mass is 379 g/mol. The van der Waals surface area contributed by atoms with Crippen molar-refractivity contribution < 1.29 is 14.3 Å². The van der Waals surface area contributed by atoms with Crippen LogP contribution in [-0.2, 0) is 9.59 Å². The van der Waals surface area contributed by atoms with Crippen molar-refractivity contribution >= 4 is 23.4 Å². The molecule has 142 valence electrons. The topological polar surface area (TPSA) is 61.9 Å². The number of halogens is 1. The van der Waals surface area contributed by atoms with Gasteiger partial charge in [0.1, 0.15) is 11.9 Å². The molecule has 2 atom stereocenters. The minimum Gasteiger partial charge on any atom is -0.487 e. The van der Waals surface area contributed by atoms with Crippen LogP contribution in [0.1, 0.15) is 26.2 Å². The largest absolute Gasteiger partial charge is 0.487 e. The molecule has 3 rings (SSSR count). The van der Waals surface area contributed by atoms with Gasteiger partial charge in [0.25, 0.3) is 0 Å².